The van der Waals surface area contributed by atoms with E-state index in [1.165, 1.54) is 0 Å². The number of carbonyl (C=O) groups is 1. The van der Waals surface area contributed by atoms with Crippen LogP contribution in [-0.4, -0.2) is 47.0 Å². The van der Waals surface area contributed by atoms with Gasteiger partial charge in [0.1, 0.15) is 11.6 Å². The van der Waals surface area contributed by atoms with E-state index in [4.69, 9.17) is 14.7 Å². The molecule has 2 heterocycles. The number of nitrogens with zero attached hydrogens (tertiary/aromatic N) is 4. The SMILES string of the molecule is C.Cc1ccc(Oc2ccc(C(=O)NC3CCC(Nc4nc(N(C)C)c5ccccc5n4)CC3)cn2)cc1. The van der Waals surface area contributed by atoms with Crippen molar-refractivity contribution < 1.29 is 9.53 Å². The summed E-state index contributed by atoms with van der Waals surface area (Å²) in [6.45, 7) is 2.03. The number of fused-ring (bicyclic) bond motifs is 1. The number of pyridine rings is 1. The summed E-state index contributed by atoms with van der Waals surface area (Å²) in [5.74, 6) is 2.61. The Bertz CT molecular complexity index is 1360. The predicted molar refractivity (Wildman–Crippen MR) is 153 cm³/mol. The Balaban J connectivity index is 0.00000336. The summed E-state index contributed by atoms with van der Waals surface area (Å²) in [6, 6.07) is 19.7. The number of nitrogens with one attached hydrogen (secondary N) is 2. The van der Waals surface area contributed by atoms with E-state index < -0.39 is 0 Å². The fourth-order valence-electron chi connectivity index (χ4n) is 4.60. The summed E-state index contributed by atoms with van der Waals surface area (Å²) >= 11 is 0. The lowest BCUT2D eigenvalue weighted by molar-refractivity contribution is 0.0926. The lowest BCUT2D eigenvalue weighted by atomic mass is 9.91. The molecule has 198 valence electrons. The average molecular weight is 513 g/mol. The van der Waals surface area contributed by atoms with Gasteiger partial charge in [-0.3, -0.25) is 4.79 Å². The summed E-state index contributed by atoms with van der Waals surface area (Å²) in [5.41, 5.74) is 2.61. The summed E-state index contributed by atoms with van der Waals surface area (Å²) in [7, 11) is 3.99. The van der Waals surface area contributed by atoms with E-state index in [0.717, 1.165) is 48.0 Å². The highest BCUT2D eigenvalue weighted by atomic mass is 16.5. The van der Waals surface area contributed by atoms with Crippen LogP contribution in [0, 0.1) is 6.92 Å². The molecule has 0 bridgehead atoms. The molecule has 1 aliphatic carbocycles. The normalized spacial score (nSPS) is 16.8. The molecule has 1 aliphatic rings. The molecule has 38 heavy (non-hydrogen) atoms. The summed E-state index contributed by atoms with van der Waals surface area (Å²) in [4.78, 5) is 28.6. The van der Waals surface area contributed by atoms with Crippen molar-refractivity contribution in [2.45, 2.75) is 52.1 Å². The largest absolute Gasteiger partial charge is 0.439 e. The molecule has 2 aromatic carbocycles. The van der Waals surface area contributed by atoms with Gasteiger partial charge in [-0.25, -0.2) is 9.97 Å². The Morgan fingerprint density at radius 1 is 0.921 bits per heavy atom. The fraction of sp³-hybridized carbons (Fsp3) is 0.333. The molecular formula is C30H36N6O2. The lowest BCUT2D eigenvalue weighted by Gasteiger charge is -2.30. The number of anilines is 2. The van der Waals surface area contributed by atoms with Gasteiger partial charge in [-0.1, -0.05) is 37.3 Å². The van der Waals surface area contributed by atoms with Crippen molar-refractivity contribution in [1.82, 2.24) is 20.3 Å². The van der Waals surface area contributed by atoms with Gasteiger partial charge in [0.25, 0.3) is 5.91 Å². The predicted octanol–water partition coefficient (Wildman–Crippen LogP) is 5.98. The second-order valence-electron chi connectivity index (χ2n) is 9.75. The van der Waals surface area contributed by atoms with Crippen molar-refractivity contribution in [1.29, 1.82) is 0 Å². The number of hydrogen-bond donors (Lipinski definition) is 2. The van der Waals surface area contributed by atoms with Gasteiger partial charge in [-0.05, 0) is 62.9 Å². The zero-order chi connectivity index (χ0) is 25.8. The van der Waals surface area contributed by atoms with Crippen LogP contribution in [0.2, 0.25) is 0 Å². The van der Waals surface area contributed by atoms with E-state index in [2.05, 4.69) is 15.6 Å². The van der Waals surface area contributed by atoms with Gasteiger partial charge in [-0.15, -0.1) is 0 Å². The van der Waals surface area contributed by atoms with Gasteiger partial charge < -0.3 is 20.3 Å². The minimum Gasteiger partial charge on any atom is -0.439 e. The van der Waals surface area contributed by atoms with Crippen molar-refractivity contribution in [2.24, 2.45) is 0 Å². The number of amides is 1. The molecule has 1 saturated carbocycles. The molecule has 8 nitrogen and oxygen atoms in total. The molecule has 1 amide bonds. The minimum atomic E-state index is -0.112. The van der Waals surface area contributed by atoms with Crippen LogP contribution in [0.15, 0.2) is 66.9 Å². The number of rotatable bonds is 7. The minimum absolute atomic E-state index is 0. The van der Waals surface area contributed by atoms with Gasteiger partial charge in [-0.2, -0.15) is 4.98 Å². The van der Waals surface area contributed by atoms with Crippen LogP contribution >= 0.6 is 0 Å². The highest BCUT2D eigenvalue weighted by Gasteiger charge is 2.24. The number of hydrogen-bond acceptors (Lipinski definition) is 7. The molecular weight excluding hydrogens is 476 g/mol. The Kier molecular flexibility index (Phi) is 8.41. The Labute approximate surface area is 224 Å². The molecule has 0 radical (unpaired) electrons. The van der Waals surface area contributed by atoms with E-state index in [0.29, 0.717) is 23.1 Å². The first-order valence-electron chi connectivity index (χ1n) is 12.7. The zero-order valence-electron chi connectivity index (χ0n) is 21.4. The van der Waals surface area contributed by atoms with Gasteiger partial charge in [0.2, 0.25) is 11.8 Å². The zero-order valence-corrected chi connectivity index (χ0v) is 21.4. The summed E-state index contributed by atoms with van der Waals surface area (Å²) in [5, 5.41) is 7.71. The molecule has 8 heteroatoms. The molecule has 2 N–H and O–H groups in total. The summed E-state index contributed by atoms with van der Waals surface area (Å²) in [6.07, 6.45) is 5.20. The maximum Gasteiger partial charge on any atom is 0.253 e. The number of para-hydroxylation sites is 1. The van der Waals surface area contributed by atoms with Crippen LogP contribution in [-0.2, 0) is 0 Å². The van der Waals surface area contributed by atoms with Crippen LogP contribution in [0.25, 0.3) is 10.9 Å². The third kappa shape index (κ3) is 6.37. The second kappa shape index (κ2) is 11.9. The molecule has 0 unspecified atom stereocenters. The van der Waals surface area contributed by atoms with Gasteiger partial charge in [0.05, 0.1) is 11.1 Å². The highest BCUT2D eigenvalue weighted by Crippen LogP contribution is 2.26. The second-order valence-corrected chi connectivity index (χ2v) is 9.75. The fourth-order valence-corrected chi connectivity index (χ4v) is 4.60. The van der Waals surface area contributed by atoms with E-state index in [1.807, 2.05) is 74.4 Å². The third-order valence-electron chi connectivity index (χ3n) is 6.64. The molecule has 1 fully saturated rings. The number of ether oxygens (including phenoxy) is 1. The van der Waals surface area contributed by atoms with Gasteiger partial charge >= 0.3 is 0 Å². The standard InChI is InChI=1S/C29H32N6O2.CH4/c1-19-8-15-23(16-9-19)37-26-17-10-20(18-30-26)28(36)31-21-11-13-22(14-12-21)32-29-33-25-7-5-4-6-24(25)27(34-29)35(2)3;/h4-10,15-18,21-22H,11-14H2,1-3H3,(H,31,36)(H,32,33,34);1H4. The molecule has 0 saturated heterocycles. The van der Waals surface area contributed by atoms with Gasteiger partial charge in [0.15, 0.2) is 0 Å². The van der Waals surface area contributed by atoms with E-state index in [-0.39, 0.29) is 25.4 Å². The first-order valence-corrected chi connectivity index (χ1v) is 12.7. The van der Waals surface area contributed by atoms with Crippen LogP contribution in [0.5, 0.6) is 11.6 Å². The topological polar surface area (TPSA) is 92.3 Å². The van der Waals surface area contributed by atoms with E-state index >= 15 is 0 Å². The maximum absolute atomic E-state index is 12.8. The van der Waals surface area contributed by atoms with Crippen molar-refractivity contribution in [3.8, 4) is 11.6 Å². The Morgan fingerprint density at radius 2 is 1.63 bits per heavy atom. The van der Waals surface area contributed by atoms with Crippen LogP contribution in [0.3, 0.4) is 0 Å². The number of carbonyl (C=O) groups excluding carboxylic acids is 1. The van der Waals surface area contributed by atoms with Crippen molar-refractivity contribution in [3.05, 3.63) is 78.0 Å². The lowest BCUT2D eigenvalue weighted by Crippen LogP contribution is -2.40. The average Bonchev–Trinajstić information content (AvgIpc) is 2.91. The number of aryl methyl sites for hydroxylation is 1. The monoisotopic (exact) mass is 512 g/mol. The molecule has 5 rings (SSSR count). The molecule has 4 aromatic rings. The van der Waals surface area contributed by atoms with E-state index in [9.17, 15) is 4.79 Å². The molecule has 0 atom stereocenters. The quantitative estimate of drug-likeness (QED) is 0.315. The smallest absolute Gasteiger partial charge is 0.253 e. The summed E-state index contributed by atoms with van der Waals surface area (Å²) < 4.78 is 5.76. The maximum atomic E-state index is 12.8. The van der Waals surface area contributed by atoms with Crippen molar-refractivity contribution in [2.75, 3.05) is 24.3 Å². The molecule has 2 aromatic heterocycles. The van der Waals surface area contributed by atoms with E-state index in [1.54, 1.807) is 18.3 Å². The van der Waals surface area contributed by atoms with Gasteiger partial charge in [0, 0.05) is 43.8 Å². The molecule has 0 spiro atoms. The number of aromatic nitrogens is 3. The first kappa shape index (κ1) is 26.9. The first-order chi connectivity index (χ1) is 17.9. The Morgan fingerprint density at radius 3 is 2.32 bits per heavy atom. The van der Waals surface area contributed by atoms with Crippen LogP contribution < -0.4 is 20.3 Å². The Hall–Kier alpha value is -4.20. The van der Waals surface area contributed by atoms with Crippen LogP contribution in [0.4, 0.5) is 11.8 Å². The molecule has 0 aliphatic heterocycles. The third-order valence-corrected chi connectivity index (χ3v) is 6.64. The highest BCUT2D eigenvalue weighted by molar-refractivity contribution is 5.94. The van der Waals surface area contributed by atoms with Crippen molar-refractivity contribution >= 4 is 28.6 Å². The van der Waals surface area contributed by atoms with Crippen LogP contribution in [0.1, 0.15) is 49.0 Å². The number of benzene rings is 2. The van der Waals surface area contributed by atoms with Crippen molar-refractivity contribution in [3.63, 3.8) is 0 Å².